The van der Waals surface area contributed by atoms with Crippen molar-refractivity contribution in [2.45, 2.75) is 19.1 Å². The smallest absolute Gasteiger partial charge is 0.277 e. The Morgan fingerprint density at radius 2 is 2.17 bits per heavy atom. The van der Waals surface area contributed by atoms with Crippen molar-refractivity contribution in [3.8, 4) is 0 Å². The van der Waals surface area contributed by atoms with Gasteiger partial charge in [0.2, 0.25) is 0 Å². The lowest BCUT2D eigenvalue weighted by Crippen LogP contribution is -2.26. The number of halogens is 2. The van der Waals surface area contributed by atoms with Crippen LogP contribution < -0.4 is 5.32 Å². The van der Waals surface area contributed by atoms with E-state index in [1.165, 1.54) is 16.9 Å². The van der Waals surface area contributed by atoms with E-state index >= 15 is 0 Å². The van der Waals surface area contributed by atoms with E-state index in [1.54, 1.807) is 0 Å². The number of hydrogen-bond donors (Lipinski definition) is 1. The molecule has 128 valence electrons. The molecule has 24 heavy (non-hydrogen) atoms. The Morgan fingerprint density at radius 3 is 2.88 bits per heavy atom. The number of amides is 1. The second-order valence-electron chi connectivity index (χ2n) is 5.23. The van der Waals surface area contributed by atoms with E-state index < -0.39 is 23.2 Å². The van der Waals surface area contributed by atoms with Crippen molar-refractivity contribution in [3.05, 3.63) is 41.7 Å². The standard InChI is InChI=1S/C15H16F2N4O3/c1-2-24-13-8-23-7-12(13)21-6-11(19-20-21)15(22)18-14-9(16)4-3-5-10(14)17/h3-6,12-13H,2,7-8H2,1H3,(H,18,22)/t12-,13-/m1/s1. The fourth-order valence-electron chi connectivity index (χ4n) is 2.48. The van der Waals surface area contributed by atoms with Crippen molar-refractivity contribution in [1.82, 2.24) is 15.0 Å². The number of hydrogen-bond acceptors (Lipinski definition) is 5. The molecule has 2 atom stereocenters. The second kappa shape index (κ2) is 7.02. The molecule has 1 fully saturated rings. The molecular weight excluding hydrogens is 322 g/mol. The number of ether oxygens (including phenoxy) is 2. The Kier molecular flexibility index (Phi) is 4.81. The molecule has 9 heteroatoms. The number of rotatable bonds is 5. The third-order valence-corrected chi connectivity index (χ3v) is 3.66. The Balaban J connectivity index is 1.74. The maximum absolute atomic E-state index is 13.6. The van der Waals surface area contributed by atoms with E-state index in [0.29, 0.717) is 19.8 Å². The minimum Gasteiger partial charge on any atom is -0.376 e. The molecule has 1 N–H and O–H groups in total. The zero-order valence-electron chi connectivity index (χ0n) is 12.9. The maximum atomic E-state index is 13.6. The summed E-state index contributed by atoms with van der Waals surface area (Å²) in [5, 5.41) is 9.82. The van der Waals surface area contributed by atoms with Crippen LogP contribution in [0.4, 0.5) is 14.5 Å². The summed E-state index contributed by atoms with van der Waals surface area (Å²) in [6, 6.07) is 3.12. The molecule has 0 radical (unpaired) electrons. The van der Waals surface area contributed by atoms with Gasteiger partial charge in [-0.15, -0.1) is 5.10 Å². The van der Waals surface area contributed by atoms with E-state index in [-0.39, 0.29) is 17.8 Å². The van der Waals surface area contributed by atoms with E-state index in [2.05, 4.69) is 15.6 Å². The highest BCUT2D eigenvalue weighted by atomic mass is 19.1. The SMILES string of the molecule is CCO[C@@H]1COC[C@H]1n1cc(C(=O)Nc2c(F)cccc2F)nn1. The van der Waals surface area contributed by atoms with E-state index in [9.17, 15) is 13.6 Å². The quantitative estimate of drug-likeness (QED) is 0.899. The average molecular weight is 338 g/mol. The third kappa shape index (κ3) is 3.26. The van der Waals surface area contributed by atoms with Gasteiger partial charge in [-0.1, -0.05) is 11.3 Å². The summed E-state index contributed by atoms with van der Waals surface area (Å²) in [6.07, 6.45) is 1.22. The molecule has 1 saturated heterocycles. The number of para-hydroxylation sites is 1. The van der Waals surface area contributed by atoms with Crippen LogP contribution in [-0.2, 0) is 9.47 Å². The third-order valence-electron chi connectivity index (χ3n) is 3.66. The molecule has 0 bridgehead atoms. The summed E-state index contributed by atoms with van der Waals surface area (Å²) in [6.45, 7) is 3.22. The van der Waals surface area contributed by atoms with E-state index in [4.69, 9.17) is 9.47 Å². The molecule has 0 saturated carbocycles. The molecule has 1 aromatic heterocycles. The molecule has 0 unspecified atom stereocenters. The summed E-state index contributed by atoms with van der Waals surface area (Å²) in [7, 11) is 0. The lowest BCUT2D eigenvalue weighted by Gasteiger charge is -2.16. The van der Waals surface area contributed by atoms with Crippen LogP contribution in [-0.4, -0.2) is 46.8 Å². The number of nitrogens with one attached hydrogen (secondary N) is 1. The molecule has 2 heterocycles. The minimum atomic E-state index is -0.864. The predicted molar refractivity (Wildman–Crippen MR) is 79.6 cm³/mol. The highest BCUT2D eigenvalue weighted by Crippen LogP contribution is 2.22. The topological polar surface area (TPSA) is 78.3 Å². The highest BCUT2D eigenvalue weighted by Gasteiger charge is 2.31. The van der Waals surface area contributed by atoms with Gasteiger partial charge in [0.25, 0.3) is 5.91 Å². The molecule has 0 spiro atoms. The summed E-state index contributed by atoms with van der Waals surface area (Å²) < 4.78 is 39.6. The first-order chi connectivity index (χ1) is 11.6. The van der Waals surface area contributed by atoms with Crippen LogP contribution in [0.1, 0.15) is 23.5 Å². The Labute approximate surface area is 136 Å². The lowest BCUT2D eigenvalue weighted by atomic mass is 10.2. The van der Waals surface area contributed by atoms with Crippen LogP contribution >= 0.6 is 0 Å². The van der Waals surface area contributed by atoms with Crippen LogP contribution in [0.3, 0.4) is 0 Å². The van der Waals surface area contributed by atoms with Gasteiger partial charge in [-0.05, 0) is 19.1 Å². The van der Waals surface area contributed by atoms with Gasteiger partial charge in [0.15, 0.2) is 5.69 Å². The number of nitrogens with zero attached hydrogens (tertiary/aromatic N) is 3. The molecular formula is C15H16F2N4O3. The summed E-state index contributed by atoms with van der Waals surface area (Å²) >= 11 is 0. The van der Waals surface area contributed by atoms with Crippen LogP contribution in [0.15, 0.2) is 24.4 Å². The van der Waals surface area contributed by atoms with Gasteiger partial charge >= 0.3 is 0 Å². The van der Waals surface area contributed by atoms with E-state index in [0.717, 1.165) is 12.1 Å². The molecule has 1 amide bonds. The zero-order chi connectivity index (χ0) is 17.1. The number of benzene rings is 1. The van der Waals surface area contributed by atoms with Gasteiger partial charge in [0.05, 0.1) is 19.4 Å². The largest absolute Gasteiger partial charge is 0.376 e. The molecule has 7 nitrogen and oxygen atoms in total. The lowest BCUT2D eigenvalue weighted by molar-refractivity contribution is 0.0340. The number of carbonyl (C=O) groups is 1. The maximum Gasteiger partial charge on any atom is 0.277 e. The Bertz CT molecular complexity index is 717. The van der Waals surface area contributed by atoms with Gasteiger partial charge in [-0.3, -0.25) is 4.79 Å². The summed E-state index contributed by atoms with van der Waals surface area (Å²) in [4.78, 5) is 12.1. The van der Waals surface area contributed by atoms with Crippen molar-refractivity contribution in [3.63, 3.8) is 0 Å². The first kappa shape index (κ1) is 16.5. The van der Waals surface area contributed by atoms with Gasteiger partial charge < -0.3 is 14.8 Å². The summed E-state index contributed by atoms with van der Waals surface area (Å²) in [5.74, 6) is -2.48. The Hall–Kier alpha value is -2.39. The normalized spacial score (nSPS) is 20.3. The first-order valence-electron chi connectivity index (χ1n) is 7.46. The monoisotopic (exact) mass is 338 g/mol. The number of aromatic nitrogens is 3. The highest BCUT2D eigenvalue weighted by molar-refractivity contribution is 6.02. The van der Waals surface area contributed by atoms with Crippen molar-refractivity contribution >= 4 is 11.6 Å². The van der Waals surface area contributed by atoms with Gasteiger partial charge in [-0.2, -0.15) is 0 Å². The van der Waals surface area contributed by atoms with Crippen molar-refractivity contribution in [2.75, 3.05) is 25.1 Å². The first-order valence-corrected chi connectivity index (χ1v) is 7.46. The fourth-order valence-corrected chi connectivity index (χ4v) is 2.48. The number of anilines is 1. The predicted octanol–water partition coefficient (Wildman–Crippen LogP) is 1.78. The molecule has 1 aliphatic rings. The van der Waals surface area contributed by atoms with Crippen molar-refractivity contribution in [2.24, 2.45) is 0 Å². The molecule has 2 aromatic rings. The molecule has 0 aliphatic carbocycles. The fraction of sp³-hybridized carbons (Fsp3) is 0.400. The van der Waals surface area contributed by atoms with Gasteiger partial charge in [-0.25, -0.2) is 13.5 Å². The Morgan fingerprint density at radius 1 is 1.42 bits per heavy atom. The average Bonchev–Trinajstić information content (AvgIpc) is 3.20. The van der Waals surface area contributed by atoms with Crippen molar-refractivity contribution in [1.29, 1.82) is 0 Å². The zero-order valence-corrected chi connectivity index (χ0v) is 12.9. The van der Waals surface area contributed by atoms with Crippen LogP contribution in [0.5, 0.6) is 0 Å². The van der Waals surface area contributed by atoms with Gasteiger partial charge in [0.1, 0.15) is 29.5 Å². The molecule has 1 aromatic carbocycles. The molecule has 3 rings (SSSR count). The summed E-state index contributed by atoms with van der Waals surface area (Å²) in [5.41, 5.74) is -0.576. The van der Waals surface area contributed by atoms with E-state index in [1.807, 2.05) is 6.92 Å². The van der Waals surface area contributed by atoms with Crippen LogP contribution in [0.25, 0.3) is 0 Å². The van der Waals surface area contributed by atoms with Gasteiger partial charge in [0, 0.05) is 6.61 Å². The minimum absolute atomic E-state index is 0.0557. The van der Waals surface area contributed by atoms with Crippen LogP contribution in [0.2, 0.25) is 0 Å². The second-order valence-corrected chi connectivity index (χ2v) is 5.23. The number of carbonyl (C=O) groups excluding carboxylic acids is 1. The molecule has 1 aliphatic heterocycles. The van der Waals surface area contributed by atoms with Crippen LogP contribution in [0, 0.1) is 11.6 Å². The van der Waals surface area contributed by atoms with Crippen molar-refractivity contribution < 1.29 is 23.0 Å².